The van der Waals surface area contributed by atoms with Gasteiger partial charge >= 0.3 is 0 Å². The van der Waals surface area contributed by atoms with Crippen molar-refractivity contribution in [1.29, 1.82) is 0 Å². The first-order valence-electron chi connectivity index (χ1n) is 47.2. The molecular formula is C97H186. The molecule has 0 N–H and O–H groups in total. The maximum atomic E-state index is 7.49. The molecular weight excluding hydrogens is 1170 g/mol. The second-order valence-electron chi connectivity index (χ2n) is 44.3. The molecule has 0 heterocycles. The highest BCUT2D eigenvalue weighted by atomic mass is 14.6. The monoisotopic (exact) mass is 1360 g/mol. The molecule has 97 heavy (non-hydrogen) atoms. The topological polar surface area (TPSA) is 0 Å². The van der Waals surface area contributed by atoms with Crippen LogP contribution in [0.1, 0.15) is 489 Å². The van der Waals surface area contributed by atoms with E-state index in [0.29, 0.717) is 16.2 Å². The maximum absolute atomic E-state index is 7.49. The fourth-order valence-corrected chi connectivity index (χ4v) is 23.1. The summed E-state index contributed by atoms with van der Waals surface area (Å²) < 4.78 is 43.0. The summed E-state index contributed by atoms with van der Waals surface area (Å²) in [5, 5.41) is 0. The molecule has 18 fully saturated rings. The average molecular weight is 1360 g/mol. The van der Waals surface area contributed by atoms with Crippen molar-refractivity contribution in [1.82, 2.24) is 0 Å². The van der Waals surface area contributed by atoms with Gasteiger partial charge in [0.1, 0.15) is 0 Å². The fraction of sp³-hybridized carbons (Fsp3) is 1.00. The lowest BCUT2D eigenvalue weighted by atomic mass is 9.49. The van der Waals surface area contributed by atoms with Crippen molar-refractivity contribution in [3.05, 3.63) is 0 Å². The molecule has 0 aromatic heterocycles. The Balaban J connectivity index is 0.000000207. The molecule has 0 nitrogen and oxygen atoms in total. The van der Waals surface area contributed by atoms with Gasteiger partial charge in [-0.25, -0.2) is 0 Å². The minimum absolute atomic E-state index is 0.0556. The van der Waals surface area contributed by atoms with Crippen LogP contribution in [-0.2, 0) is 0 Å². The zero-order chi connectivity index (χ0) is 77.5. The van der Waals surface area contributed by atoms with E-state index in [2.05, 4.69) is 96.9 Å². The highest BCUT2D eigenvalue weighted by molar-refractivity contribution is 5.02. The molecule has 3 spiro atoms. The lowest BCUT2D eigenvalue weighted by molar-refractivity contribution is -0.0545. The molecule has 1 atom stereocenters. The van der Waals surface area contributed by atoms with Crippen LogP contribution in [0.15, 0.2) is 0 Å². The third kappa shape index (κ3) is 31.5. The highest BCUT2D eigenvalue weighted by Crippen LogP contribution is 2.63. The lowest BCUT2D eigenvalue weighted by Crippen LogP contribution is -2.45. The first-order chi connectivity index (χ1) is 47.2. The molecule has 0 saturated heterocycles. The predicted molar refractivity (Wildman–Crippen MR) is 438 cm³/mol. The van der Waals surface area contributed by atoms with Crippen LogP contribution in [0.2, 0.25) is 0 Å². The van der Waals surface area contributed by atoms with Gasteiger partial charge in [0.15, 0.2) is 0 Å². The molecule has 0 radical (unpaired) electrons. The Labute approximate surface area is 623 Å². The van der Waals surface area contributed by atoms with Crippen molar-refractivity contribution >= 4 is 0 Å². The van der Waals surface area contributed by atoms with E-state index in [1.807, 2.05) is 62.3 Å². The summed E-state index contributed by atoms with van der Waals surface area (Å²) in [6, 6.07) is 0. The van der Waals surface area contributed by atoms with Gasteiger partial charge < -0.3 is 0 Å². The normalized spacial score (nSPS) is 37.2. The van der Waals surface area contributed by atoms with E-state index in [4.69, 9.17) is 8.22 Å². The standard InChI is InChI=1S/C14H26.C12H20.C12H22.C11H18.2C11H20.C6H12.C6H14.2C5H12.C4H10/c1-12-4-6-14(7-5-12)10-8-13(2,3)9-11-14;1-2-12-6-9-3-10(7-12)5-11(4-9)8-12;1-11-5-9-12(10-6-11)7-3-2-4-8-12;1-11-5-8-2-9(6-11)4-10(3-8)7-11;1-8-9-4-6-10(7-5-9)11(8,2)3;1-10-4-8-11(9-5-10)6-2-3-7-11;1-6-4-2-3-5-6;1-5-6(2,3)4;1-5(2,3)4;1-4-5(2)3;1-4(2)3/h12H,4-11H2,1-3H3;9-11H,2-8H2,1H3;11H,2-10H2,1H3;8-10H,2-7H2,1H3;8-10H,4-7H2,1-3H3;10H,2-9H2,1H3;6H,2-5H2,1H3;5H2,1-4H3;1-4H3;5H,4H2,1-3H3;4H,1-3H3/t;;;;8-,9?,10?;;;;;;/m....1....../s1/i;;;;;;6D;5D2;;4D2;4D. The first kappa shape index (κ1) is 78.1. The Morgan fingerprint density at radius 2 is 0.691 bits per heavy atom. The van der Waals surface area contributed by atoms with E-state index in [-0.39, 0.29) is 23.1 Å². The summed E-state index contributed by atoms with van der Waals surface area (Å²) in [7, 11) is 0. The van der Waals surface area contributed by atoms with E-state index >= 15 is 0 Å². The smallest absolute Gasteiger partial charge is 0.0300 e. The minimum atomic E-state index is -1.06. The van der Waals surface area contributed by atoms with Gasteiger partial charge in [0.2, 0.25) is 0 Å². The molecule has 0 aromatic carbocycles. The Kier molecular flexibility index (Phi) is 32.3. The largest absolute Gasteiger partial charge is 0.0651 e. The van der Waals surface area contributed by atoms with E-state index in [0.717, 1.165) is 111 Å². The number of hydrogen-bond donors (Lipinski definition) is 0. The lowest BCUT2D eigenvalue weighted by Gasteiger charge is -2.56. The zero-order valence-corrected chi connectivity index (χ0v) is 71.5. The van der Waals surface area contributed by atoms with Crippen LogP contribution >= 0.6 is 0 Å². The van der Waals surface area contributed by atoms with Crippen molar-refractivity contribution in [2.24, 2.45) is 137 Å². The quantitative estimate of drug-likeness (QED) is 0.259. The zero-order valence-electron chi connectivity index (χ0n) is 77.5. The molecule has 18 aliphatic rings. The third-order valence-corrected chi connectivity index (χ3v) is 30.0. The second-order valence-corrected chi connectivity index (χ2v) is 44.3. The number of rotatable bonds is 2. The van der Waals surface area contributed by atoms with Crippen molar-refractivity contribution in [3.63, 3.8) is 0 Å². The van der Waals surface area contributed by atoms with Crippen LogP contribution in [0, 0.1) is 137 Å². The number of hydrogen-bond acceptors (Lipinski definition) is 0. The van der Waals surface area contributed by atoms with Gasteiger partial charge in [-0.3, -0.25) is 0 Å². The van der Waals surface area contributed by atoms with Crippen molar-refractivity contribution in [3.8, 4) is 0 Å². The molecule has 0 aliphatic heterocycles. The second kappa shape index (κ2) is 40.1. The van der Waals surface area contributed by atoms with Gasteiger partial charge in [-0.1, -0.05) is 289 Å². The number of fused-ring (bicyclic) bond motifs is 3. The summed E-state index contributed by atoms with van der Waals surface area (Å²) in [6.45, 7) is 53.5. The van der Waals surface area contributed by atoms with Gasteiger partial charge in [-0.05, 0) is 330 Å². The Morgan fingerprint density at radius 1 is 0.402 bits per heavy atom. The van der Waals surface area contributed by atoms with Crippen molar-refractivity contribution in [2.75, 3.05) is 0 Å². The average Bonchev–Trinajstić information content (AvgIpc) is 1.17. The molecule has 18 rings (SSSR count). The molecule has 18 aliphatic carbocycles. The van der Waals surface area contributed by atoms with Crippen molar-refractivity contribution < 1.29 is 8.22 Å². The fourth-order valence-electron chi connectivity index (χ4n) is 23.1. The van der Waals surface area contributed by atoms with Crippen LogP contribution in [0.3, 0.4) is 0 Å². The summed E-state index contributed by atoms with van der Waals surface area (Å²) >= 11 is 0. The van der Waals surface area contributed by atoms with Crippen LogP contribution in [0.5, 0.6) is 0 Å². The summed E-state index contributed by atoms with van der Waals surface area (Å²) in [5.74, 6) is 12.9. The van der Waals surface area contributed by atoms with Crippen LogP contribution in [-0.4, -0.2) is 0 Å². The molecule has 0 unspecified atom stereocenters. The third-order valence-electron chi connectivity index (χ3n) is 30.0. The van der Waals surface area contributed by atoms with E-state index < -0.39 is 12.7 Å². The van der Waals surface area contributed by atoms with Crippen LogP contribution < -0.4 is 0 Å². The molecule has 0 amide bonds. The minimum Gasteiger partial charge on any atom is -0.0651 e. The highest BCUT2D eigenvalue weighted by Gasteiger charge is 2.51. The van der Waals surface area contributed by atoms with Gasteiger partial charge in [0.25, 0.3) is 0 Å². The van der Waals surface area contributed by atoms with Crippen LogP contribution in [0.4, 0.5) is 0 Å². The van der Waals surface area contributed by atoms with Gasteiger partial charge in [-0.2, -0.15) is 0 Å². The van der Waals surface area contributed by atoms with Gasteiger partial charge in [-0.15, -0.1) is 0 Å². The SMILES string of the molecule is CC(C)(C)C.CC12CC3CC(CC(C3)C1)C2.CC1CCC2(CC1)CCC(C)(C)CC2.CC1CCC2(CCCC2)CC1.CC1CCC2(CCCCC2)CC1.CCC12CC3CC(CC(C3)C1)C2.C[C@@H]1C2CCC(CC2)C1(C)C.[2H]C(C)(C)C.[2H]C([2H])(C)C(C)(C)C.[2H]C([2H])(C)C(C)C.[2H]C1(C)CCCC1. The molecule has 10 bridgehead atoms. The molecule has 0 heteroatoms. The Bertz CT molecular complexity index is 2170. The summed E-state index contributed by atoms with van der Waals surface area (Å²) in [5.41, 5.74) is 5.70. The molecule has 574 valence electrons. The Morgan fingerprint density at radius 3 is 0.918 bits per heavy atom. The molecule has 0 aromatic rings. The van der Waals surface area contributed by atoms with Gasteiger partial charge in [0, 0.05) is 8.22 Å². The van der Waals surface area contributed by atoms with E-state index in [1.165, 1.54) is 154 Å². The maximum Gasteiger partial charge on any atom is 0.0300 e. The van der Waals surface area contributed by atoms with E-state index in [1.54, 1.807) is 142 Å². The van der Waals surface area contributed by atoms with Gasteiger partial charge in [0.05, 0.1) is 0 Å². The van der Waals surface area contributed by atoms with E-state index in [9.17, 15) is 0 Å². The van der Waals surface area contributed by atoms with Crippen molar-refractivity contribution in [2.45, 2.75) is 481 Å². The predicted octanol–water partition coefficient (Wildman–Crippen LogP) is 33.4. The summed E-state index contributed by atoms with van der Waals surface area (Å²) in [4.78, 5) is 0. The van der Waals surface area contributed by atoms with Crippen LogP contribution in [0.25, 0.3) is 0 Å². The summed E-state index contributed by atoms with van der Waals surface area (Å²) in [6.07, 6.45) is 67.4. The Hall–Kier alpha value is 0. The first-order valence-corrected chi connectivity index (χ1v) is 44.2. The molecule has 18 saturated carbocycles.